The summed E-state index contributed by atoms with van der Waals surface area (Å²) in [6, 6.07) is 20.1. The Balaban J connectivity index is 1.49. The molecule has 0 unspecified atom stereocenters. The number of hydrogen-bond acceptors (Lipinski definition) is 1. The summed E-state index contributed by atoms with van der Waals surface area (Å²) in [6.45, 7) is 3.70. The fourth-order valence-electron chi connectivity index (χ4n) is 4.16. The van der Waals surface area contributed by atoms with Crippen LogP contribution in [0.1, 0.15) is 41.4 Å². The molecule has 21 heavy (non-hydrogen) atoms. The Morgan fingerprint density at radius 2 is 1.33 bits per heavy atom. The third-order valence-corrected chi connectivity index (χ3v) is 5.26. The molecule has 1 saturated heterocycles. The summed E-state index contributed by atoms with van der Waals surface area (Å²) in [4.78, 5) is 2.70. The summed E-state index contributed by atoms with van der Waals surface area (Å²) < 4.78 is 0. The predicted molar refractivity (Wildman–Crippen MR) is 87.7 cm³/mol. The maximum atomic E-state index is 2.70. The summed E-state index contributed by atoms with van der Waals surface area (Å²) in [5, 5.41) is 0. The van der Waals surface area contributed by atoms with Crippen LogP contribution in [0.5, 0.6) is 0 Å². The Morgan fingerprint density at radius 3 is 1.95 bits per heavy atom. The van der Waals surface area contributed by atoms with Crippen molar-refractivity contribution in [2.45, 2.75) is 31.1 Å². The van der Waals surface area contributed by atoms with Crippen LogP contribution in [0, 0.1) is 0 Å². The lowest BCUT2D eigenvalue weighted by Gasteiger charge is -2.26. The Kier molecular flexibility index (Phi) is 3.52. The fourth-order valence-corrected chi connectivity index (χ4v) is 4.16. The van der Waals surface area contributed by atoms with Crippen LogP contribution in [-0.2, 0) is 6.42 Å². The van der Waals surface area contributed by atoms with Gasteiger partial charge in [0.2, 0.25) is 0 Å². The molecular weight excluding hydrogens is 254 g/mol. The zero-order valence-electron chi connectivity index (χ0n) is 12.5. The minimum atomic E-state index is 0.760. The first-order valence-corrected chi connectivity index (χ1v) is 8.25. The Bertz CT molecular complexity index is 571. The molecule has 2 aromatic rings. The van der Waals surface area contributed by atoms with Crippen molar-refractivity contribution in [3.63, 3.8) is 0 Å². The lowest BCUT2D eigenvalue weighted by Crippen LogP contribution is -2.29. The van der Waals surface area contributed by atoms with Gasteiger partial charge in [0.25, 0.3) is 0 Å². The van der Waals surface area contributed by atoms with Crippen molar-refractivity contribution in [2.24, 2.45) is 0 Å². The van der Waals surface area contributed by atoms with Crippen molar-refractivity contribution < 1.29 is 0 Å². The van der Waals surface area contributed by atoms with E-state index >= 15 is 0 Å². The quantitative estimate of drug-likeness (QED) is 0.812. The summed E-state index contributed by atoms with van der Waals surface area (Å²) in [6.07, 6.45) is 3.93. The molecule has 2 aromatic carbocycles. The highest BCUT2D eigenvalue weighted by Crippen LogP contribution is 2.42. The summed E-state index contributed by atoms with van der Waals surface area (Å²) in [5.74, 6) is 1.52. The second-order valence-corrected chi connectivity index (χ2v) is 6.60. The number of hydrogen-bond donors (Lipinski definition) is 0. The predicted octanol–water partition coefficient (Wildman–Crippen LogP) is 4.21. The number of benzene rings is 2. The topological polar surface area (TPSA) is 3.24 Å². The van der Waals surface area contributed by atoms with Gasteiger partial charge in [-0.05, 0) is 47.8 Å². The third-order valence-electron chi connectivity index (χ3n) is 5.26. The van der Waals surface area contributed by atoms with E-state index in [1.54, 1.807) is 11.1 Å². The molecule has 0 N–H and O–H groups in total. The molecule has 1 heteroatoms. The molecule has 2 aliphatic heterocycles. The first-order valence-electron chi connectivity index (χ1n) is 8.25. The number of fused-ring (bicyclic) bond motifs is 3. The monoisotopic (exact) mass is 277 g/mol. The molecule has 2 atom stereocenters. The molecule has 0 amide bonds. The molecule has 0 aromatic heterocycles. The van der Waals surface area contributed by atoms with E-state index in [1.807, 2.05) is 0 Å². The van der Waals surface area contributed by atoms with E-state index in [0.717, 1.165) is 11.8 Å². The van der Waals surface area contributed by atoms with Crippen LogP contribution in [0.3, 0.4) is 0 Å². The van der Waals surface area contributed by atoms with Crippen LogP contribution in [0.15, 0.2) is 54.6 Å². The van der Waals surface area contributed by atoms with Gasteiger partial charge in [-0.2, -0.15) is 0 Å². The van der Waals surface area contributed by atoms with Crippen molar-refractivity contribution in [3.8, 4) is 0 Å². The highest BCUT2D eigenvalue weighted by Gasteiger charge is 2.33. The molecule has 1 aliphatic carbocycles. The number of nitrogens with zero attached hydrogens (tertiary/aromatic N) is 1. The molecule has 108 valence electrons. The second kappa shape index (κ2) is 5.65. The van der Waals surface area contributed by atoms with E-state index in [4.69, 9.17) is 0 Å². The van der Waals surface area contributed by atoms with E-state index in [2.05, 4.69) is 59.5 Å². The van der Waals surface area contributed by atoms with Gasteiger partial charge in [-0.1, -0.05) is 54.6 Å². The summed E-state index contributed by atoms with van der Waals surface area (Å²) in [5.41, 5.74) is 4.73. The van der Waals surface area contributed by atoms with Crippen molar-refractivity contribution in [1.82, 2.24) is 4.90 Å². The molecule has 5 rings (SSSR count). The van der Waals surface area contributed by atoms with Gasteiger partial charge < -0.3 is 4.90 Å². The van der Waals surface area contributed by atoms with Crippen LogP contribution < -0.4 is 0 Å². The van der Waals surface area contributed by atoms with Crippen molar-refractivity contribution in [1.29, 1.82) is 0 Å². The largest absolute Gasteiger partial charge is 0.302 e. The highest BCUT2D eigenvalue weighted by atomic mass is 15.1. The Hall–Kier alpha value is -1.60. The SMILES string of the molecule is c1ccc(CCN2C[C@H]3CC[C@@H](C2)c2ccccc23)cc1. The third kappa shape index (κ3) is 2.63. The molecule has 1 nitrogen and oxygen atoms in total. The minimum absolute atomic E-state index is 0.760. The second-order valence-electron chi connectivity index (χ2n) is 6.60. The Labute approximate surface area is 127 Å². The standard InChI is InChI=1S/C20H23N/c1-2-6-16(7-3-1)12-13-21-14-17-10-11-18(15-21)20-9-5-4-8-19(17)20/h1-9,17-18H,10-15H2/t17-,18+. The zero-order valence-corrected chi connectivity index (χ0v) is 12.5. The van der Waals surface area contributed by atoms with E-state index in [0.29, 0.717) is 0 Å². The molecule has 3 aliphatic rings. The van der Waals surface area contributed by atoms with Crippen LogP contribution in [-0.4, -0.2) is 24.5 Å². The van der Waals surface area contributed by atoms with Crippen LogP contribution in [0.25, 0.3) is 0 Å². The maximum absolute atomic E-state index is 2.70. The lowest BCUT2D eigenvalue weighted by atomic mass is 9.78. The fraction of sp³-hybridized carbons (Fsp3) is 0.400. The first kappa shape index (κ1) is 13.1. The maximum Gasteiger partial charge on any atom is 0.00507 e. The van der Waals surface area contributed by atoms with Crippen LogP contribution in [0.4, 0.5) is 0 Å². The van der Waals surface area contributed by atoms with Gasteiger partial charge in [0.15, 0.2) is 0 Å². The first-order chi connectivity index (χ1) is 10.4. The smallest absolute Gasteiger partial charge is 0.00507 e. The van der Waals surface area contributed by atoms with Crippen molar-refractivity contribution >= 4 is 0 Å². The normalized spacial score (nSPS) is 24.6. The van der Waals surface area contributed by atoms with Gasteiger partial charge in [-0.3, -0.25) is 0 Å². The Morgan fingerprint density at radius 1 is 0.762 bits per heavy atom. The van der Waals surface area contributed by atoms with Crippen LogP contribution in [0.2, 0.25) is 0 Å². The number of rotatable bonds is 3. The molecule has 0 spiro atoms. The molecule has 1 fully saturated rings. The van der Waals surface area contributed by atoms with E-state index < -0.39 is 0 Å². The van der Waals surface area contributed by atoms with E-state index in [-0.39, 0.29) is 0 Å². The summed E-state index contributed by atoms with van der Waals surface area (Å²) >= 11 is 0. The van der Waals surface area contributed by atoms with E-state index in [9.17, 15) is 0 Å². The van der Waals surface area contributed by atoms with Crippen molar-refractivity contribution in [3.05, 3.63) is 71.3 Å². The molecule has 2 bridgehead atoms. The average molecular weight is 277 g/mol. The summed E-state index contributed by atoms with van der Waals surface area (Å²) in [7, 11) is 0. The van der Waals surface area contributed by atoms with Gasteiger partial charge in [0, 0.05) is 19.6 Å². The molecule has 0 radical (unpaired) electrons. The lowest BCUT2D eigenvalue weighted by molar-refractivity contribution is 0.274. The molecule has 2 heterocycles. The van der Waals surface area contributed by atoms with Gasteiger partial charge in [-0.25, -0.2) is 0 Å². The molecular formula is C20H23N. The average Bonchev–Trinajstić information content (AvgIpc) is 2.85. The van der Waals surface area contributed by atoms with Gasteiger partial charge in [-0.15, -0.1) is 0 Å². The van der Waals surface area contributed by atoms with Crippen LogP contribution >= 0.6 is 0 Å². The van der Waals surface area contributed by atoms with Crippen molar-refractivity contribution in [2.75, 3.05) is 19.6 Å². The molecule has 0 saturated carbocycles. The van der Waals surface area contributed by atoms with Gasteiger partial charge in [0.05, 0.1) is 0 Å². The van der Waals surface area contributed by atoms with E-state index in [1.165, 1.54) is 44.5 Å². The van der Waals surface area contributed by atoms with Gasteiger partial charge >= 0.3 is 0 Å². The zero-order chi connectivity index (χ0) is 14.1. The minimum Gasteiger partial charge on any atom is -0.302 e. The highest BCUT2D eigenvalue weighted by molar-refractivity contribution is 5.37. The van der Waals surface area contributed by atoms with Gasteiger partial charge in [0.1, 0.15) is 0 Å².